The fourth-order valence-electron chi connectivity index (χ4n) is 1.12. The molecule has 2 N–H and O–H groups in total. The predicted molar refractivity (Wildman–Crippen MR) is 70.7 cm³/mol. The zero-order valence-electron chi connectivity index (χ0n) is 11.4. The summed E-state index contributed by atoms with van der Waals surface area (Å²) in [7, 11) is -1.61. The first-order valence-corrected chi connectivity index (χ1v) is 7.71. The van der Waals surface area contributed by atoms with Gasteiger partial charge in [0.25, 0.3) is 0 Å². The molecule has 0 bridgehead atoms. The Morgan fingerprint density at radius 2 is 1.88 bits per heavy atom. The Bertz CT molecular complexity index is 289. The molecule has 0 saturated carbocycles. The molecule has 0 rings (SSSR count). The van der Waals surface area contributed by atoms with E-state index in [-0.39, 0.29) is 5.75 Å². The molecular weight excluding hydrogens is 240 g/mol. The van der Waals surface area contributed by atoms with Crippen LogP contribution in [0.5, 0.6) is 0 Å². The summed E-state index contributed by atoms with van der Waals surface area (Å²) in [5.41, 5.74) is -0.465. The van der Waals surface area contributed by atoms with Crippen LogP contribution in [0.3, 0.4) is 0 Å². The normalized spacial score (nSPS) is 12.9. The SMILES string of the molecule is CCCNCCCS(=O)(=O)NCC(C)(C)OC. The van der Waals surface area contributed by atoms with E-state index in [1.165, 1.54) is 0 Å². The highest BCUT2D eigenvalue weighted by molar-refractivity contribution is 7.89. The minimum absolute atomic E-state index is 0.156. The molecule has 0 unspecified atom stereocenters. The zero-order chi connectivity index (χ0) is 13.4. The largest absolute Gasteiger partial charge is 0.377 e. The molecule has 0 aliphatic heterocycles. The molecule has 0 saturated heterocycles. The first-order valence-electron chi connectivity index (χ1n) is 6.06. The average molecular weight is 266 g/mol. The summed E-state index contributed by atoms with van der Waals surface area (Å²) < 4.78 is 31.0. The van der Waals surface area contributed by atoms with Gasteiger partial charge in [-0.2, -0.15) is 0 Å². The lowest BCUT2D eigenvalue weighted by Crippen LogP contribution is -2.40. The van der Waals surface area contributed by atoms with Gasteiger partial charge in [-0.25, -0.2) is 13.1 Å². The van der Waals surface area contributed by atoms with E-state index in [4.69, 9.17) is 4.74 Å². The number of hydrogen-bond donors (Lipinski definition) is 2. The first-order chi connectivity index (χ1) is 7.83. The van der Waals surface area contributed by atoms with Gasteiger partial charge in [-0.05, 0) is 39.8 Å². The van der Waals surface area contributed by atoms with E-state index in [9.17, 15) is 8.42 Å². The van der Waals surface area contributed by atoms with Crippen molar-refractivity contribution in [2.45, 2.75) is 39.2 Å². The molecule has 0 fully saturated rings. The maximum atomic E-state index is 11.6. The lowest BCUT2D eigenvalue weighted by Gasteiger charge is -2.23. The maximum absolute atomic E-state index is 11.6. The van der Waals surface area contributed by atoms with Crippen molar-refractivity contribution >= 4 is 10.0 Å². The first kappa shape index (κ1) is 16.8. The molecule has 104 valence electrons. The van der Waals surface area contributed by atoms with Crippen LogP contribution < -0.4 is 10.0 Å². The van der Waals surface area contributed by atoms with Crippen LogP contribution in [0, 0.1) is 0 Å². The van der Waals surface area contributed by atoms with Gasteiger partial charge in [0.2, 0.25) is 10.0 Å². The van der Waals surface area contributed by atoms with Crippen molar-refractivity contribution in [1.29, 1.82) is 0 Å². The van der Waals surface area contributed by atoms with Gasteiger partial charge in [-0.1, -0.05) is 6.92 Å². The van der Waals surface area contributed by atoms with E-state index in [0.717, 1.165) is 19.5 Å². The third kappa shape index (κ3) is 9.52. The quantitative estimate of drug-likeness (QED) is 0.572. The number of nitrogens with one attached hydrogen (secondary N) is 2. The van der Waals surface area contributed by atoms with Crippen molar-refractivity contribution in [1.82, 2.24) is 10.0 Å². The average Bonchev–Trinajstić information content (AvgIpc) is 2.27. The summed E-state index contributed by atoms with van der Waals surface area (Å²) in [5, 5.41) is 3.17. The minimum Gasteiger partial charge on any atom is -0.377 e. The number of rotatable bonds is 10. The number of hydrogen-bond acceptors (Lipinski definition) is 4. The Morgan fingerprint density at radius 1 is 1.24 bits per heavy atom. The number of ether oxygens (including phenoxy) is 1. The minimum atomic E-state index is -3.18. The van der Waals surface area contributed by atoms with Crippen molar-refractivity contribution in [3.05, 3.63) is 0 Å². The van der Waals surface area contributed by atoms with Gasteiger partial charge in [0.05, 0.1) is 11.4 Å². The van der Waals surface area contributed by atoms with Crippen molar-refractivity contribution in [2.24, 2.45) is 0 Å². The molecule has 0 aliphatic carbocycles. The standard InChI is InChI=1S/C11H26N2O3S/c1-5-7-12-8-6-9-17(14,15)13-10-11(2,3)16-4/h12-13H,5-10H2,1-4H3. The van der Waals surface area contributed by atoms with Gasteiger partial charge >= 0.3 is 0 Å². The van der Waals surface area contributed by atoms with Crippen molar-refractivity contribution in [3.63, 3.8) is 0 Å². The molecule has 0 radical (unpaired) electrons. The van der Waals surface area contributed by atoms with E-state index in [0.29, 0.717) is 13.0 Å². The second-order valence-electron chi connectivity index (χ2n) is 4.71. The van der Waals surface area contributed by atoms with Crippen LogP contribution >= 0.6 is 0 Å². The van der Waals surface area contributed by atoms with E-state index >= 15 is 0 Å². The molecule has 0 aromatic carbocycles. The van der Waals surface area contributed by atoms with E-state index in [1.54, 1.807) is 7.11 Å². The third-order valence-electron chi connectivity index (χ3n) is 2.46. The molecule has 0 aromatic rings. The van der Waals surface area contributed by atoms with Crippen LogP contribution in [0.2, 0.25) is 0 Å². The summed E-state index contributed by atoms with van der Waals surface area (Å²) in [6, 6.07) is 0. The van der Waals surface area contributed by atoms with Crippen molar-refractivity contribution < 1.29 is 13.2 Å². The van der Waals surface area contributed by atoms with Gasteiger partial charge in [-0.15, -0.1) is 0 Å². The van der Waals surface area contributed by atoms with Crippen molar-refractivity contribution in [3.8, 4) is 0 Å². The van der Waals surface area contributed by atoms with Crippen LogP contribution in [-0.4, -0.2) is 46.5 Å². The lowest BCUT2D eigenvalue weighted by atomic mass is 10.1. The zero-order valence-corrected chi connectivity index (χ0v) is 12.2. The van der Waals surface area contributed by atoms with E-state index in [2.05, 4.69) is 17.0 Å². The molecule has 17 heavy (non-hydrogen) atoms. The Kier molecular flexibility index (Phi) is 7.94. The monoisotopic (exact) mass is 266 g/mol. The van der Waals surface area contributed by atoms with E-state index < -0.39 is 15.6 Å². The Balaban J connectivity index is 3.81. The molecular formula is C11H26N2O3S. The van der Waals surface area contributed by atoms with Gasteiger partial charge in [0.15, 0.2) is 0 Å². The smallest absolute Gasteiger partial charge is 0.211 e. The molecule has 5 nitrogen and oxygen atoms in total. The van der Waals surface area contributed by atoms with Crippen LogP contribution in [0.4, 0.5) is 0 Å². The summed E-state index contributed by atoms with van der Waals surface area (Å²) >= 11 is 0. The molecule has 0 spiro atoms. The van der Waals surface area contributed by atoms with Crippen LogP contribution in [0.25, 0.3) is 0 Å². The van der Waals surface area contributed by atoms with Gasteiger partial charge in [0, 0.05) is 13.7 Å². The highest BCUT2D eigenvalue weighted by atomic mass is 32.2. The summed E-state index contributed by atoms with van der Waals surface area (Å²) in [5.74, 6) is 0.156. The van der Waals surface area contributed by atoms with Gasteiger partial charge < -0.3 is 10.1 Å². The van der Waals surface area contributed by atoms with Gasteiger partial charge in [-0.3, -0.25) is 0 Å². The predicted octanol–water partition coefficient (Wildman–Crippen LogP) is 0.721. The maximum Gasteiger partial charge on any atom is 0.211 e. The van der Waals surface area contributed by atoms with Crippen LogP contribution in [-0.2, 0) is 14.8 Å². The lowest BCUT2D eigenvalue weighted by molar-refractivity contribution is 0.0276. The Hall–Kier alpha value is -0.170. The highest BCUT2D eigenvalue weighted by Gasteiger charge is 2.19. The fourth-order valence-corrected chi connectivity index (χ4v) is 2.35. The Morgan fingerprint density at radius 3 is 2.41 bits per heavy atom. The van der Waals surface area contributed by atoms with Gasteiger partial charge in [0.1, 0.15) is 0 Å². The van der Waals surface area contributed by atoms with E-state index in [1.807, 2.05) is 13.8 Å². The number of sulfonamides is 1. The third-order valence-corrected chi connectivity index (χ3v) is 3.87. The molecule has 0 aromatic heterocycles. The Labute approximate surface area is 105 Å². The molecule has 6 heteroatoms. The highest BCUT2D eigenvalue weighted by Crippen LogP contribution is 2.05. The van der Waals surface area contributed by atoms with Crippen molar-refractivity contribution in [2.75, 3.05) is 32.5 Å². The van der Waals surface area contributed by atoms with Crippen LogP contribution in [0.15, 0.2) is 0 Å². The van der Waals surface area contributed by atoms with Crippen LogP contribution in [0.1, 0.15) is 33.6 Å². The number of methoxy groups -OCH3 is 1. The summed E-state index contributed by atoms with van der Waals surface area (Å²) in [4.78, 5) is 0. The second-order valence-corrected chi connectivity index (χ2v) is 6.63. The molecule has 0 amide bonds. The molecule has 0 atom stereocenters. The molecule has 0 heterocycles. The topological polar surface area (TPSA) is 67.4 Å². The second kappa shape index (κ2) is 8.02. The molecule has 0 aliphatic rings. The fraction of sp³-hybridized carbons (Fsp3) is 1.00. The summed E-state index contributed by atoms with van der Waals surface area (Å²) in [6.45, 7) is 7.75. The summed E-state index contributed by atoms with van der Waals surface area (Å²) in [6.07, 6.45) is 1.69.